The number of hydrogen-bond acceptors (Lipinski definition) is 2. The maximum Gasteiger partial charge on any atom is 0.268 e. The molecule has 0 saturated carbocycles. The number of aromatic nitrogens is 1. The van der Waals surface area contributed by atoms with Gasteiger partial charge >= 0.3 is 0 Å². The number of fused-ring (bicyclic) bond motifs is 1. The molecule has 0 saturated heterocycles. The van der Waals surface area contributed by atoms with Crippen molar-refractivity contribution in [1.29, 1.82) is 0 Å². The first-order chi connectivity index (χ1) is 8.69. The number of nitrogens with zero attached hydrogens (tertiary/aromatic N) is 1. The maximum absolute atomic E-state index is 12.4. The van der Waals surface area contributed by atoms with Crippen molar-refractivity contribution in [2.45, 2.75) is 4.90 Å². The van der Waals surface area contributed by atoms with E-state index in [1.807, 2.05) is 18.2 Å². The molecule has 89 valence electrons. The molecule has 0 fully saturated rings. The third kappa shape index (κ3) is 1.62. The summed E-state index contributed by atoms with van der Waals surface area (Å²) < 4.78 is 26.1. The summed E-state index contributed by atoms with van der Waals surface area (Å²) in [5.41, 5.74) is 0.640. The number of benzene rings is 2. The Labute approximate surface area is 105 Å². The Morgan fingerprint density at radius 1 is 0.889 bits per heavy atom. The highest BCUT2D eigenvalue weighted by molar-refractivity contribution is 7.90. The van der Waals surface area contributed by atoms with Crippen LogP contribution in [0.15, 0.2) is 65.6 Å². The summed E-state index contributed by atoms with van der Waals surface area (Å²) in [6, 6.07) is 17.4. The first kappa shape index (κ1) is 11.0. The Bertz CT molecular complexity index is 789. The molecule has 1 heterocycles. The molecule has 0 N–H and O–H groups in total. The van der Waals surface area contributed by atoms with Crippen molar-refractivity contribution in [1.82, 2.24) is 3.97 Å². The van der Waals surface area contributed by atoms with Gasteiger partial charge in [0.1, 0.15) is 0 Å². The second-order valence-electron chi connectivity index (χ2n) is 3.91. The molecule has 0 aliphatic heterocycles. The zero-order valence-electron chi connectivity index (χ0n) is 9.45. The zero-order valence-corrected chi connectivity index (χ0v) is 10.3. The van der Waals surface area contributed by atoms with Crippen LogP contribution in [0, 0.1) is 6.20 Å². The molecule has 3 rings (SSSR count). The van der Waals surface area contributed by atoms with Crippen molar-refractivity contribution >= 4 is 20.9 Å². The zero-order chi connectivity index (χ0) is 12.6. The lowest BCUT2D eigenvalue weighted by atomic mass is 10.3. The quantitative estimate of drug-likeness (QED) is 0.707. The first-order valence-electron chi connectivity index (χ1n) is 5.48. The predicted molar refractivity (Wildman–Crippen MR) is 69.8 cm³/mol. The van der Waals surface area contributed by atoms with E-state index >= 15 is 0 Å². The van der Waals surface area contributed by atoms with E-state index in [1.54, 1.807) is 42.5 Å². The van der Waals surface area contributed by atoms with Crippen molar-refractivity contribution < 1.29 is 8.42 Å². The van der Waals surface area contributed by atoms with Crippen molar-refractivity contribution in [2.75, 3.05) is 0 Å². The third-order valence-electron chi connectivity index (χ3n) is 2.77. The van der Waals surface area contributed by atoms with E-state index in [0.29, 0.717) is 5.52 Å². The molecule has 3 aromatic rings. The second-order valence-corrected chi connectivity index (χ2v) is 5.70. The van der Waals surface area contributed by atoms with Gasteiger partial charge in [0.25, 0.3) is 10.0 Å². The van der Waals surface area contributed by atoms with E-state index in [4.69, 9.17) is 0 Å². The van der Waals surface area contributed by atoms with Gasteiger partial charge < -0.3 is 0 Å². The van der Waals surface area contributed by atoms with Crippen LogP contribution in [0.2, 0.25) is 0 Å². The largest absolute Gasteiger partial charge is 0.268 e. The van der Waals surface area contributed by atoms with Crippen LogP contribution < -0.4 is 0 Å². The Hall–Kier alpha value is -2.07. The SMILES string of the molecule is O=S(=O)(c1ccccc1)n1[c]cc2ccccc21. The van der Waals surface area contributed by atoms with E-state index < -0.39 is 10.0 Å². The molecule has 1 radical (unpaired) electrons. The minimum Gasteiger partial charge on any atom is -0.232 e. The molecule has 4 heteroatoms. The summed E-state index contributed by atoms with van der Waals surface area (Å²) in [7, 11) is -3.56. The normalized spacial score (nSPS) is 11.8. The van der Waals surface area contributed by atoms with Crippen molar-refractivity contribution in [3.05, 3.63) is 66.9 Å². The molecule has 0 aliphatic rings. The molecule has 0 amide bonds. The fourth-order valence-corrected chi connectivity index (χ4v) is 3.22. The fourth-order valence-electron chi connectivity index (χ4n) is 1.89. The monoisotopic (exact) mass is 256 g/mol. The van der Waals surface area contributed by atoms with Crippen LogP contribution in [0.25, 0.3) is 10.9 Å². The number of rotatable bonds is 2. The van der Waals surface area contributed by atoms with Crippen LogP contribution in [0.4, 0.5) is 0 Å². The van der Waals surface area contributed by atoms with Crippen molar-refractivity contribution in [2.24, 2.45) is 0 Å². The molecule has 0 bridgehead atoms. The lowest BCUT2D eigenvalue weighted by molar-refractivity contribution is 0.589. The second kappa shape index (κ2) is 3.99. The van der Waals surface area contributed by atoms with E-state index in [-0.39, 0.29) is 4.90 Å². The molecule has 0 aliphatic carbocycles. The molecule has 3 nitrogen and oxygen atoms in total. The minimum absolute atomic E-state index is 0.266. The Morgan fingerprint density at radius 3 is 2.33 bits per heavy atom. The van der Waals surface area contributed by atoms with Gasteiger partial charge in [0.2, 0.25) is 0 Å². The molecule has 0 unspecified atom stereocenters. The maximum atomic E-state index is 12.4. The van der Waals surface area contributed by atoms with E-state index in [2.05, 4.69) is 6.20 Å². The molecule has 18 heavy (non-hydrogen) atoms. The smallest absolute Gasteiger partial charge is 0.232 e. The van der Waals surface area contributed by atoms with E-state index in [9.17, 15) is 8.42 Å². The summed E-state index contributed by atoms with van der Waals surface area (Å²) in [5, 5.41) is 0.858. The first-order valence-corrected chi connectivity index (χ1v) is 6.92. The molecule has 0 atom stereocenters. The predicted octanol–water partition coefficient (Wildman–Crippen LogP) is 2.68. The standard InChI is InChI=1S/C14H10NO2S/c16-18(17,13-7-2-1-3-8-13)15-11-10-12-6-4-5-9-14(12)15/h1-10H. The fraction of sp³-hybridized carbons (Fsp3) is 0. The van der Waals surface area contributed by atoms with Gasteiger partial charge in [-0.05, 0) is 24.3 Å². The van der Waals surface area contributed by atoms with Crippen LogP contribution in [0.3, 0.4) is 0 Å². The van der Waals surface area contributed by atoms with Gasteiger partial charge in [-0.1, -0.05) is 36.4 Å². The van der Waals surface area contributed by atoms with Crippen LogP contribution in [-0.2, 0) is 10.0 Å². The van der Waals surface area contributed by atoms with E-state index in [0.717, 1.165) is 5.39 Å². The van der Waals surface area contributed by atoms with Crippen LogP contribution in [0.1, 0.15) is 0 Å². The van der Waals surface area contributed by atoms with Gasteiger partial charge in [-0.3, -0.25) is 0 Å². The van der Waals surface area contributed by atoms with E-state index in [1.165, 1.54) is 3.97 Å². The summed E-state index contributed by atoms with van der Waals surface area (Å²) >= 11 is 0. The van der Waals surface area contributed by atoms with Crippen molar-refractivity contribution in [3.63, 3.8) is 0 Å². The van der Waals surface area contributed by atoms with Crippen LogP contribution >= 0.6 is 0 Å². The summed E-state index contributed by atoms with van der Waals surface area (Å²) in [5.74, 6) is 0. The summed E-state index contributed by atoms with van der Waals surface area (Å²) in [6.07, 6.45) is 2.78. The highest BCUT2D eigenvalue weighted by Gasteiger charge is 2.18. The molecular formula is C14H10NO2S. The average Bonchev–Trinajstić information content (AvgIpc) is 2.84. The highest BCUT2D eigenvalue weighted by atomic mass is 32.2. The van der Waals surface area contributed by atoms with Gasteiger partial charge in [0.05, 0.1) is 16.6 Å². The summed E-state index contributed by atoms with van der Waals surface area (Å²) in [6.45, 7) is 0. The Kier molecular flexibility index (Phi) is 2.45. The Morgan fingerprint density at radius 2 is 1.56 bits per heavy atom. The van der Waals surface area contributed by atoms with Gasteiger partial charge in [-0.25, -0.2) is 12.4 Å². The molecule has 2 aromatic carbocycles. The topological polar surface area (TPSA) is 39.1 Å². The number of para-hydroxylation sites is 1. The molecule has 1 aromatic heterocycles. The van der Waals surface area contributed by atoms with Crippen LogP contribution in [0.5, 0.6) is 0 Å². The van der Waals surface area contributed by atoms with Gasteiger partial charge in [0.15, 0.2) is 0 Å². The molecular weight excluding hydrogens is 246 g/mol. The Balaban J connectivity index is 2.27. The van der Waals surface area contributed by atoms with Gasteiger partial charge in [0, 0.05) is 5.39 Å². The highest BCUT2D eigenvalue weighted by Crippen LogP contribution is 2.21. The third-order valence-corrected chi connectivity index (χ3v) is 4.42. The lowest BCUT2D eigenvalue weighted by Gasteiger charge is -2.06. The lowest BCUT2D eigenvalue weighted by Crippen LogP contribution is -2.11. The molecule has 0 spiro atoms. The van der Waals surface area contributed by atoms with Crippen molar-refractivity contribution in [3.8, 4) is 0 Å². The minimum atomic E-state index is -3.56. The average molecular weight is 256 g/mol. The van der Waals surface area contributed by atoms with Crippen LogP contribution in [-0.4, -0.2) is 12.4 Å². The summed E-state index contributed by atoms with van der Waals surface area (Å²) in [4.78, 5) is 0.266. The number of hydrogen-bond donors (Lipinski definition) is 0. The van der Waals surface area contributed by atoms with Gasteiger partial charge in [-0.2, -0.15) is 0 Å². The van der Waals surface area contributed by atoms with Gasteiger partial charge in [-0.15, -0.1) is 0 Å².